The summed E-state index contributed by atoms with van der Waals surface area (Å²) in [5.41, 5.74) is 0.785. The molecule has 0 radical (unpaired) electrons. The molecule has 2 aliphatic heterocycles. The Kier molecular flexibility index (Phi) is 5.87. The molecule has 2 fully saturated rings. The van der Waals surface area contributed by atoms with Crippen LogP contribution in [-0.2, 0) is 11.3 Å². The second kappa shape index (κ2) is 8.71. The third-order valence-corrected chi connectivity index (χ3v) is 5.84. The first-order valence-corrected chi connectivity index (χ1v) is 10.3. The molecule has 7 nitrogen and oxygen atoms in total. The zero-order valence-corrected chi connectivity index (χ0v) is 16.5. The van der Waals surface area contributed by atoms with Crippen molar-refractivity contribution in [1.82, 2.24) is 24.8 Å². The number of halogens is 1. The molecule has 0 spiro atoms. The molecule has 0 saturated carbocycles. The van der Waals surface area contributed by atoms with Crippen molar-refractivity contribution in [3.8, 4) is 0 Å². The molecule has 3 heterocycles. The number of carbonyl (C=O) groups excluding carboxylic acids is 2. The Balaban J connectivity index is 1.41. The van der Waals surface area contributed by atoms with Gasteiger partial charge in [0.1, 0.15) is 5.82 Å². The quantitative estimate of drug-likeness (QED) is 0.748. The highest BCUT2D eigenvalue weighted by Gasteiger charge is 2.30. The molecule has 8 heteroatoms. The normalized spacial score (nSPS) is 19.8. The van der Waals surface area contributed by atoms with E-state index in [1.807, 2.05) is 9.80 Å². The summed E-state index contributed by atoms with van der Waals surface area (Å²) in [5, 5.41) is 8.05. The van der Waals surface area contributed by atoms with E-state index in [1.165, 1.54) is 10.7 Å². The Morgan fingerprint density at radius 1 is 1.17 bits per heavy atom. The summed E-state index contributed by atoms with van der Waals surface area (Å²) < 4.78 is 15.4. The molecule has 2 aromatic rings. The van der Waals surface area contributed by atoms with Crippen LogP contribution in [0.4, 0.5) is 4.39 Å². The highest BCUT2D eigenvalue weighted by Crippen LogP contribution is 2.23. The standard InChI is InChI=1S/C21H26FN5O2/c22-18-8-2-1-6-16(18)14-26-15-19(23-24-26)21(29)27-12-4-3-7-17(27)10-13-25-11-5-9-20(25)28/h1-2,6,8,15,17H,3-5,7,9-14H2/t17-/m0/s1. The molecule has 4 rings (SSSR count). The third kappa shape index (κ3) is 4.46. The van der Waals surface area contributed by atoms with E-state index < -0.39 is 0 Å². The van der Waals surface area contributed by atoms with E-state index in [9.17, 15) is 14.0 Å². The van der Waals surface area contributed by atoms with Crippen LogP contribution in [0.15, 0.2) is 30.5 Å². The maximum Gasteiger partial charge on any atom is 0.276 e. The Hall–Kier alpha value is -2.77. The van der Waals surface area contributed by atoms with Gasteiger partial charge in [-0.3, -0.25) is 9.59 Å². The number of hydrogen-bond donors (Lipinski definition) is 0. The molecular weight excluding hydrogens is 373 g/mol. The predicted molar refractivity (Wildman–Crippen MR) is 105 cm³/mol. The lowest BCUT2D eigenvalue weighted by Gasteiger charge is -2.36. The Morgan fingerprint density at radius 2 is 2.03 bits per heavy atom. The third-order valence-electron chi connectivity index (χ3n) is 5.84. The minimum Gasteiger partial charge on any atom is -0.343 e. The van der Waals surface area contributed by atoms with Crippen molar-refractivity contribution in [2.75, 3.05) is 19.6 Å². The molecule has 2 aliphatic rings. The maximum absolute atomic E-state index is 13.9. The van der Waals surface area contributed by atoms with Crippen LogP contribution < -0.4 is 0 Å². The summed E-state index contributed by atoms with van der Waals surface area (Å²) in [7, 11) is 0. The van der Waals surface area contributed by atoms with Gasteiger partial charge >= 0.3 is 0 Å². The average molecular weight is 399 g/mol. The molecule has 2 saturated heterocycles. The SMILES string of the molecule is O=C1CCCN1CC[C@@H]1CCCCN1C(=O)c1cn(Cc2ccccc2F)nn1. The fourth-order valence-electron chi connectivity index (χ4n) is 4.24. The first-order chi connectivity index (χ1) is 14.1. The average Bonchev–Trinajstić information content (AvgIpc) is 3.37. The molecule has 1 atom stereocenters. The van der Waals surface area contributed by atoms with Gasteiger partial charge in [0, 0.05) is 37.7 Å². The number of piperidine rings is 1. The van der Waals surface area contributed by atoms with Crippen molar-refractivity contribution in [3.05, 3.63) is 47.5 Å². The van der Waals surface area contributed by atoms with Crippen LogP contribution in [0.5, 0.6) is 0 Å². The number of benzene rings is 1. The lowest BCUT2D eigenvalue weighted by Crippen LogP contribution is -2.45. The van der Waals surface area contributed by atoms with Crippen LogP contribution in [-0.4, -0.2) is 62.3 Å². The number of nitrogens with zero attached hydrogens (tertiary/aromatic N) is 5. The molecule has 2 amide bonds. The van der Waals surface area contributed by atoms with Crippen molar-refractivity contribution in [1.29, 1.82) is 0 Å². The van der Waals surface area contributed by atoms with Gasteiger partial charge < -0.3 is 9.80 Å². The van der Waals surface area contributed by atoms with Crippen LogP contribution in [0.2, 0.25) is 0 Å². The van der Waals surface area contributed by atoms with E-state index in [-0.39, 0.29) is 35.9 Å². The highest BCUT2D eigenvalue weighted by molar-refractivity contribution is 5.92. The van der Waals surface area contributed by atoms with Crippen LogP contribution in [0.3, 0.4) is 0 Å². The monoisotopic (exact) mass is 399 g/mol. The second-order valence-corrected chi connectivity index (χ2v) is 7.81. The summed E-state index contributed by atoms with van der Waals surface area (Å²) >= 11 is 0. The van der Waals surface area contributed by atoms with Gasteiger partial charge in [0.05, 0.1) is 12.7 Å². The molecule has 1 aromatic heterocycles. The first kappa shape index (κ1) is 19.5. The minimum absolute atomic E-state index is 0.112. The van der Waals surface area contributed by atoms with Crippen molar-refractivity contribution < 1.29 is 14.0 Å². The van der Waals surface area contributed by atoms with Crippen LogP contribution in [0.1, 0.15) is 54.6 Å². The molecule has 29 heavy (non-hydrogen) atoms. The van der Waals surface area contributed by atoms with Gasteiger partial charge in [0.2, 0.25) is 5.91 Å². The largest absolute Gasteiger partial charge is 0.343 e. The van der Waals surface area contributed by atoms with Gasteiger partial charge in [-0.25, -0.2) is 9.07 Å². The van der Waals surface area contributed by atoms with E-state index >= 15 is 0 Å². The topological polar surface area (TPSA) is 71.3 Å². The summed E-state index contributed by atoms with van der Waals surface area (Å²) in [5.74, 6) is -0.222. The van der Waals surface area contributed by atoms with Gasteiger partial charge in [0.15, 0.2) is 5.69 Å². The molecule has 154 valence electrons. The number of rotatable bonds is 6. The predicted octanol–water partition coefficient (Wildman–Crippen LogP) is 2.47. The number of amides is 2. The van der Waals surface area contributed by atoms with Crippen LogP contribution in [0, 0.1) is 5.82 Å². The fourth-order valence-corrected chi connectivity index (χ4v) is 4.24. The molecule has 0 bridgehead atoms. The van der Waals surface area contributed by atoms with Crippen LogP contribution in [0.25, 0.3) is 0 Å². The lowest BCUT2D eigenvalue weighted by molar-refractivity contribution is -0.127. The van der Waals surface area contributed by atoms with Gasteiger partial charge in [-0.1, -0.05) is 23.4 Å². The second-order valence-electron chi connectivity index (χ2n) is 7.81. The van der Waals surface area contributed by atoms with Crippen molar-refractivity contribution in [2.45, 2.75) is 51.1 Å². The van der Waals surface area contributed by atoms with E-state index in [1.54, 1.807) is 24.4 Å². The van der Waals surface area contributed by atoms with Gasteiger partial charge in [-0.15, -0.1) is 5.10 Å². The van der Waals surface area contributed by atoms with E-state index in [0.717, 1.165) is 38.6 Å². The summed E-state index contributed by atoms with van der Waals surface area (Å²) in [6, 6.07) is 6.62. The van der Waals surface area contributed by atoms with Gasteiger partial charge in [-0.2, -0.15) is 0 Å². The number of likely N-dealkylation sites (tertiary alicyclic amines) is 2. The number of aromatic nitrogens is 3. The molecule has 0 N–H and O–H groups in total. The van der Waals surface area contributed by atoms with Gasteiger partial charge in [0.25, 0.3) is 5.91 Å². The minimum atomic E-state index is -0.302. The number of carbonyl (C=O) groups is 2. The molecule has 0 aliphatic carbocycles. The van der Waals surface area contributed by atoms with Gasteiger partial charge in [-0.05, 0) is 38.2 Å². The Bertz CT molecular complexity index is 883. The smallest absolute Gasteiger partial charge is 0.276 e. The molecule has 1 aromatic carbocycles. The summed E-state index contributed by atoms with van der Waals surface area (Å²) in [6.45, 7) is 2.45. The molecular formula is C21H26FN5O2. The summed E-state index contributed by atoms with van der Waals surface area (Å²) in [6.07, 6.45) is 6.94. The lowest BCUT2D eigenvalue weighted by atomic mass is 9.98. The maximum atomic E-state index is 13.9. The van der Waals surface area contributed by atoms with Crippen molar-refractivity contribution >= 4 is 11.8 Å². The molecule has 0 unspecified atom stereocenters. The van der Waals surface area contributed by atoms with Crippen LogP contribution >= 0.6 is 0 Å². The van der Waals surface area contributed by atoms with Crippen molar-refractivity contribution in [2.24, 2.45) is 0 Å². The fraction of sp³-hybridized carbons (Fsp3) is 0.524. The van der Waals surface area contributed by atoms with E-state index in [4.69, 9.17) is 0 Å². The summed E-state index contributed by atoms with van der Waals surface area (Å²) in [4.78, 5) is 28.7. The highest BCUT2D eigenvalue weighted by atomic mass is 19.1. The van der Waals surface area contributed by atoms with E-state index in [0.29, 0.717) is 25.1 Å². The zero-order chi connectivity index (χ0) is 20.2. The van der Waals surface area contributed by atoms with E-state index in [2.05, 4.69) is 10.3 Å². The Labute approximate surface area is 169 Å². The zero-order valence-electron chi connectivity index (χ0n) is 16.5. The first-order valence-electron chi connectivity index (χ1n) is 10.3. The van der Waals surface area contributed by atoms with Crippen molar-refractivity contribution in [3.63, 3.8) is 0 Å². The Morgan fingerprint density at radius 3 is 2.83 bits per heavy atom. The number of hydrogen-bond acceptors (Lipinski definition) is 4.